The number of thiocarbonyl (C=S) groups is 1. The first-order chi connectivity index (χ1) is 8.56. The molecule has 1 aromatic heterocycles. The molecule has 0 atom stereocenters. The van der Waals surface area contributed by atoms with Crippen LogP contribution < -0.4 is 11.2 Å². The monoisotopic (exact) mass is 262 g/mol. The van der Waals surface area contributed by atoms with Crippen molar-refractivity contribution in [3.05, 3.63) is 69.9 Å². The maximum Gasteiger partial charge on any atom is 0.181 e. The third-order valence-corrected chi connectivity index (χ3v) is 2.78. The van der Waals surface area contributed by atoms with Gasteiger partial charge in [-0.25, -0.2) is 4.39 Å². The van der Waals surface area contributed by atoms with Crippen LogP contribution >= 0.6 is 12.2 Å². The second-order valence-electron chi connectivity index (χ2n) is 3.88. The average molecular weight is 262 g/mol. The largest absolute Gasteiger partial charge is 0.389 e. The molecule has 5 heteroatoms. The van der Waals surface area contributed by atoms with E-state index in [9.17, 15) is 9.18 Å². The molecule has 18 heavy (non-hydrogen) atoms. The highest BCUT2D eigenvalue weighted by Gasteiger charge is 2.05. The topological polar surface area (TPSA) is 48.0 Å². The molecule has 1 heterocycles. The van der Waals surface area contributed by atoms with Crippen molar-refractivity contribution in [2.24, 2.45) is 5.73 Å². The van der Waals surface area contributed by atoms with Crippen LogP contribution in [-0.2, 0) is 6.54 Å². The fourth-order valence-corrected chi connectivity index (χ4v) is 1.72. The molecule has 1 aromatic carbocycles. The molecule has 2 aromatic rings. The first-order valence-electron chi connectivity index (χ1n) is 5.30. The van der Waals surface area contributed by atoms with E-state index in [2.05, 4.69) is 0 Å². The van der Waals surface area contributed by atoms with Crippen LogP contribution in [0.15, 0.2) is 47.5 Å². The van der Waals surface area contributed by atoms with Gasteiger partial charge in [0.05, 0.1) is 0 Å². The second-order valence-corrected chi connectivity index (χ2v) is 4.32. The highest BCUT2D eigenvalue weighted by Crippen LogP contribution is 2.12. The van der Waals surface area contributed by atoms with E-state index in [0.717, 1.165) is 0 Å². The van der Waals surface area contributed by atoms with E-state index in [0.29, 0.717) is 17.7 Å². The molecule has 0 spiro atoms. The Morgan fingerprint density at radius 3 is 2.56 bits per heavy atom. The average Bonchev–Trinajstić information content (AvgIpc) is 2.34. The quantitative estimate of drug-likeness (QED) is 0.856. The van der Waals surface area contributed by atoms with E-state index in [1.807, 2.05) is 0 Å². The Morgan fingerprint density at radius 1 is 1.28 bits per heavy atom. The van der Waals surface area contributed by atoms with Crippen molar-refractivity contribution < 1.29 is 4.39 Å². The third kappa shape index (κ3) is 2.81. The predicted octanol–water partition coefficient (Wildman–Crippen LogP) is 1.67. The number of hydrogen-bond donors (Lipinski definition) is 1. The molecule has 0 saturated heterocycles. The smallest absolute Gasteiger partial charge is 0.181 e. The highest BCUT2D eigenvalue weighted by atomic mass is 32.1. The Labute approximate surface area is 109 Å². The van der Waals surface area contributed by atoms with Gasteiger partial charge in [0.2, 0.25) is 0 Å². The summed E-state index contributed by atoms with van der Waals surface area (Å²) >= 11 is 4.85. The Hall–Kier alpha value is -2.01. The maximum atomic E-state index is 13.6. The molecule has 0 fully saturated rings. The molecule has 2 N–H and O–H groups in total. The summed E-state index contributed by atoms with van der Waals surface area (Å²) < 4.78 is 15.4. The molecule has 0 aliphatic heterocycles. The number of nitrogens with zero attached hydrogens (tertiary/aromatic N) is 1. The highest BCUT2D eigenvalue weighted by molar-refractivity contribution is 7.80. The van der Waals surface area contributed by atoms with E-state index >= 15 is 0 Å². The van der Waals surface area contributed by atoms with Crippen LogP contribution in [0, 0.1) is 5.82 Å². The molecule has 2 rings (SSSR count). The standard InChI is InChI=1S/C13H11FN2OS/c14-12-2-1-9(13(15)18)7-10(12)8-16-5-3-11(17)4-6-16/h1-7H,8H2,(H2,15,18). The number of nitrogens with two attached hydrogens (primary N) is 1. The Kier molecular flexibility index (Phi) is 3.53. The molecule has 3 nitrogen and oxygen atoms in total. The minimum Gasteiger partial charge on any atom is -0.389 e. The Bertz CT molecular complexity index is 631. The Balaban J connectivity index is 2.33. The van der Waals surface area contributed by atoms with Gasteiger partial charge < -0.3 is 10.3 Å². The molecule has 0 aliphatic carbocycles. The molecule has 0 radical (unpaired) electrons. The normalized spacial score (nSPS) is 10.3. The number of rotatable bonds is 3. The second kappa shape index (κ2) is 5.10. The van der Waals surface area contributed by atoms with Crippen molar-refractivity contribution in [2.45, 2.75) is 6.54 Å². The summed E-state index contributed by atoms with van der Waals surface area (Å²) in [6, 6.07) is 7.36. The lowest BCUT2D eigenvalue weighted by molar-refractivity contribution is 0.598. The molecular formula is C13H11FN2OS. The molecule has 0 aliphatic rings. The van der Waals surface area contributed by atoms with Gasteiger partial charge in [-0.2, -0.15) is 0 Å². The molecular weight excluding hydrogens is 251 g/mol. The minimum atomic E-state index is -0.325. The molecule has 0 saturated carbocycles. The zero-order chi connectivity index (χ0) is 13.1. The van der Waals surface area contributed by atoms with Crippen molar-refractivity contribution in [2.75, 3.05) is 0 Å². The van der Waals surface area contributed by atoms with Crippen molar-refractivity contribution >= 4 is 17.2 Å². The summed E-state index contributed by atoms with van der Waals surface area (Å²) in [6.07, 6.45) is 3.21. The van der Waals surface area contributed by atoms with Crippen LogP contribution in [0.4, 0.5) is 4.39 Å². The predicted molar refractivity (Wildman–Crippen MR) is 72.1 cm³/mol. The van der Waals surface area contributed by atoms with Gasteiger partial charge in [-0.15, -0.1) is 0 Å². The first kappa shape index (κ1) is 12.4. The lowest BCUT2D eigenvalue weighted by Gasteiger charge is -2.08. The van der Waals surface area contributed by atoms with E-state index < -0.39 is 0 Å². The van der Waals surface area contributed by atoms with Crippen LogP contribution in [0.5, 0.6) is 0 Å². The fourth-order valence-electron chi connectivity index (χ4n) is 1.59. The summed E-state index contributed by atoms with van der Waals surface area (Å²) in [5, 5.41) is 0. The van der Waals surface area contributed by atoms with Crippen LogP contribution in [0.1, 0.15) is 11.1 Å². The van der Waals surface area contributed by atoms with E-state index in [1.54, 1.807) is 29.1 Å². The van der Waals surface area contributed by atoms with Gasteiger partial charge in [0.25, 0.3) is 0 Å². The van der Waals surface area contributed by atoms with Crippen LogP contribution in [0.2, 0.25) is 0 Å². The summed E-state index contributed by atoms with van der Waals surface area (Å²) in [5.41, 5.74) is 6.53. The van der Waals surface area contributed by atoms with Crippen molar-refractivity contribution in [3.8, 4) is 0 Å². The summed E-state index contributed by atoms with van der Waals surface area (Å²) in [5.74, 6) is -0.325. The van der Waals surface area contributed by atoms with Crippen LogP contribution in [0.3, 0.4) is 0 Å². The van der Waals surface area contributed by atoms with E-state index in [1.165, 1.54) is 18.2 Å². The maximum absolute atomic E-state index is 13.6. The molecule has 0 amide bonds. The number of hydrogen-bond acceptors (Lipinski definition) is 2. The molecule has 0 bridgehead atoms. The number of halogens is 1. The van der Waals surface area contributed by atoms with Crippen LogP contribution in [-0.4, -0.2) is 9.56 Å². The summed E-state index contributed by atoms with van der Waals surface area (Å²) in [4.78, 5) is 11.2. The minimum absolute atomic E-state index is 0.0800. The number of benzene rings is 1. The third-order valence-electron chi connectivity index (χ3n) is 2.54. The number of pyridine rings is 1. The fraction of sp³-hybridized carbons (Fsp3) is 0.0769. The zero-order valence-electron chi connectivity index (χ0n) is 9.47. The van der Waals surface area contributed by atoms with Gasteiger partial charge in [0.15, 0.2) is 5.43 Å². The zero-order valence-corrected chi connectivity index (χ0v) is 10.3. The van der Waals surface area contributed by atoms with E-state index in [4.69, 9.17) is 18.0 Å². The van der Waals surface area contributed by atoms with Gasteiger partial charge in [-0.1, -0.05) is 12.2 Å². The SMILES string of the molecule is NC(=S)c1ccc(F)c(Cn2ccc(=O)cc2)c1. The van der Waals surface area contributed by atoms with Gasteiger partial charge in [-0.3, -0.25) is 4.79 Å². The van der Waals surface area contributed by atoms with Crippen LogP contribution in [0.25, 0.3) is 0 Å². The molecule has 92 valence electrons. The molecule has 0 unspecified atom stereocenters. The Morgan fingerprint density at radius 2 is 1.94 bits per heavy atom. The van der Waals surface area contributed by atoms with Gasteiger partial charge in [-0.05, 0) is 18.2 Å². The summed E-state index contributed by atoms with van der Waals surface area (Å²) in [7, 11) is 0. The van der Waals surface area contributed by atoms with Gasteiger partial charge in [0, 0.05) is 42.2 Å². The summed E-state index contributed by atoms with van der Waals surface area (Å²) in [6.45, 7) is 0.322. The van der Waals surface area contributed by atoms with Crippen molar-refractivity contribution in [3.63, 3.8) is 0 Å². The van der Waals surface area contributed by atoms with Gasteiger partial charge in [0.1, 0.15) is 10.8 Å². The van der Waals surface area contributed by atoms with E-state index in [-0.39, 0.29) is 16.2 Å². The van der Waals surface area contributed by atoms with Crippen molar-refractivity contribution in [1.82, 2.24) is 4.57 Å². The van der Waals surface area contributed by atoms with Crippen molar-refractivity contribution in [1.29, 1.82) is 0 Å². The lowest BCUT2D eigenvalue weighted by atomic mass is 10.1. The lowest BCUT2D eigenvalue weighted by Crippen LogP contribution is -2.11. The van der Waals surface area contributed by atoms with Gasteiger partial charge >= 0.3 is 0 Å². The first-order valence-corrected chi connectivity index (χ1v) is 5.71. The number of aromatic nitrogens is 1.